The van der Waals surface area contributed by atoms with E-state index in [4.69, 9.17) is 101 Å². The molecule has 9 atom stereocenters. The molecule has 3 aromatic rings. The van der Waals surface area contributed by atoms with Crippen LogP contribution in [0.25, 0.3) is 11.2 Å². The lowest BCUT2D eigenvalue weighted by Gasteiger charge is -2.28. The molecule has 0 fully saturated rings. The van der Waals surface area contributed by atoms with Crippen molar-refractivity contribution in [3.05, 3.63) is 41.7 Å². The van der Waals surface area contributed by atoms with Gasteiger partial charge in [0.15, 0.2) is 64.7 Å². The number of aromatic nitrogens is 4. The van der Waals surface area contributed by atoms with E-state index in [1.807, 2.05) is 0 Å². The van der Waals surface area contributed by atoms with Crippen LogP contribution in [0.3, 0.4) is 0 Å². The van der Waals surface area contributed by atoms with Gasteiger partial charge in [0, 0.05) is 77.1 Å². The number of nitrogen functional groups attached to an aromatic ring is 2. The number of nitrogens with two attached hydrogens (primary N) is 10. The third kappa shape index (κ3) is 41.2. The normalized spacial score (nSPS) is 13.0. The molecular weight excluding hydrogens is 1590 g/mol. The van der Waals surface area contributed by atoms with Crippen molar-refractivity contribution in [2.24, 2.45) is 45.9 Å². The summed E-state index contributed by atoms with van der Waals surface area (Å²) in [5, 5.41) is 125. The van der Waals surface area contributed by atoms with Gasteiger partial charge in [-0.1, -0.05) is 0 Å². The number of anilines is 3. The Morgan fingerprint density at radius 2 is 0.620 bits per heavy atom. The van der Waals surface area contributed by atoms with Crippen molar-refractivity contribution in [2.75, 3.05) is 75.8 Å². The molecule has 0 aliphatic carbocycles. The van der Waals surface area contributed by atoms with Crippen LogP contribution in [0.15, 0.2) is 30.5 Å². The maximum Gasteiger partial charge on any atom is 0.326 e. The molecule has 0 aliphatic heterocycles. The zero-order valence-electron chi connectivity index (χ0n) is 67.1. The number of carboxylic acids is 2. The number of nitrogens with one attached hydrogen (secondary N) is 25. The van der Waals surface area contributed by atoms with Crippen LogP contribution in [0, 0.1) is 43.3 Å². The summed E-state index contributed by atoms with van der Waals surface area (Å²) in [7, 11) is 1.73. The van der Waals surface area contributed by atoms with E-state index in [1.165, 1.54) is 18.3 Å². The summed E-state index contributed by atoms with van der Waals surface area (Å²) in [6, 6.07) is -8.32. The second kappa shape index (κ2) is 53.6. The molecule has 2 aromatic heterocycles. The van der Waals surface area contributed by atoms with Gasteiger partial charge < -0.3 is 163 Å². The number of hydrogen-bond donors (Lipinski definition) is 37. The minimum Gasteiger partial charge on any atom is -0.481 e. The SMILES string of the molecule is CN(Cc1cnc2nc(N)nc(N)c2n1)c1ccc(C(=O)N[C@@H](CCC(=O)O)C(=O)N[C@@H](CCCNC(=N)N)C(=O)N[C@@H](CCCNC(=N)N)C(=O)N[C@@H](CCCNC(=N)N)C(=O)N[C@@H](CCCNC(=N)N)C(=O)N[C@@H](CCCNC(=N)N)C(=O)N[C@@H](CCCNC(=N)N)C(=O)N[C@@H](CCCNC(=N)N)C(=O)N[C@@H](CCCNC(=N)N)C(=O)O)cc1. The van der Waals surface area contributed by atoms with Gasteiger partial charge in [-0.2, -0.15) is 9.97 Å². The average Bonchev–Trinajstić information content (AvgIpc) is 0.807. The van der Waals surface area contributed by atoms with Gasteiger partial charge in [0.25, 0.3) is 5.91 Å². The lowest BCUT2D eigenvalue weighted by Crippen LogP contribution is -2.60. The lowest BCUT2D eigenvalue weighted by atomic mass is 10.0. The van der Waals surface area contributed by atoms with Gasteiger partial charge in [-0.05, 0) is 133 Å². The molecule has 53 nitrogen and oxygen atoms in total. The first kappa shape index (κ1) is 101. The highest BCUT2D eigenvalue weighted by atomic mass is 16.4. The third-order valence-electron chi connectivity index (χ3n) is 17.7. The summed E-state index contributed by atoms with van der Waals surface area (Å²) >= 11 is 0. The van der Waals surface area contributed by atoms with Gasteiger partial charge in [0.2, 0.25) is 53.2 Å². The molecule has 0 saturated carbocycles. The highest BCUT2D eigenvalue weighted by Crippen LogP contribution is 2.20. The molecule has 121 heavy (non-hydrogen) atoms. The molecule has 53 heteroatoms. The van der Waals surface area contributed by atoms with E-state index in [0.717, 1.165) is 0 Å². The Morgan fingerprint density at radius 3 is 0.876 bits per heavy atom. The number of guanidine groups is 8. The predicted octanol–water partition coefficient (Wildman–Crippen LogP) is -9.75. The maximum absolute atomic E-state index is 15.0. The highest BCUT2D eigenvalue weighted by Gasteiger charge is 2.36. The molecule has 0 saturated heterocycles. The molecule has 0 radical (unpaired) electrons. The van der Waals surface area contributed by atoms with Gasteiger partial charge in [-0.15, -0.1) is 0 Å². The van der Waals surface area contributed by atoms with Crippen molar-refractivity contribution in [2.45, 2.75) is 176 Å². The second-order valence-corrected chi connectivity index (χ2v) is 27.6. The second-order valence-electron chi connectivity index (χ2n) is 27.6. The van der Waals surface area contributed by atoms with Crippen LogP contribution in [0.2, 0.25) is 0 Å². The van der Waals surface area contributed by atoms with Crippen molar-refractivity contribution < 1.29 is 63.0 Å². The number of carboxylic acid groups (broad SMARTS) is 2. The van der Waals surface area contributed by atoms with Gasteiger partial charge in [0.05, 0.1) is 18.4 Å². The van der Waals surface area contributed by atoms with Crippen LogP contribution in [0.4, 0.5) is 17.5 Å². The number of carbonyl (C=O) groups is 11. The fourth-order valence-corrected chi connectivity index (χ4v) is 11.6. The Kier molecular flexibility index (Phi) is 44.5. The van der Waals surface area contributed by atoms with Gasteiger partial charge in [-0.3, -0.25) is 91.2 Å². The molecule has 668 valence electrons. The number of fused-ring (bicyclic) bond motifs is 1. The van der Waals surface area contributed by atoms with Crippen LogP contribution in [-0.2, 0) is 54.5 Å². The van der Waals surface area contributed by atoms with Crippen LogP contribution < -0.4 is 153 Å². The van der Waals surface area contributed by atoms with Crippen molar-refractivity contribution >= 4 is 141 Å². The van der Waals surface area contributed by atoms with Crippen molar-refractivity contribution in [1.29, 1.82) is 43.3 Å². The Labute approximate surface area is 695 Å². The number of hydrogen-bond acceptors (Lipinski definition) is 26. The van der Waals surface area contributed by atoms with Gasteiger partial charge >= 0.3 is 11.9 Å². The average molecular weight is 1700 g/mol. The molecule has 1 aromatic carbocycles. The number of aliphatic carboxylic acids is 2. The number of carbonyl (C=O) groups excluding carboxylic acids is 9. The molecule has 9 amide bonds. The fourth-order valence-electron chi connectivity index (χ4n) is 11.6. The molecule has 0 bridgehead atoms. The molecule has 0 spiro atoms. The van der Waals surface area contributed by atoms with E-state index in [1.54, 1.807) is 24.1 Å². The van der Waals surface area contributed by atoms with Gasteiger partial charge in [-0.25, -0.2) is 14.8 Å². The van der Waals surface area contributed by atoms with Crippen molar-refractivity contribution in [3.8, 4) is 0 Å². The smallest absolute Gasteiger partial charge is 0.326 e. The number of benzene rings is 1. The number of amides is 9. The van der Waals surface area contributed by atoms with E-state index in [9.17, 15) is 58.2 Å². The Balaban J connectivity index is 2.10. The number of nitrogens with zero attached hydrogens (tertiary/aromatic N) is 5. The summed E-state index contributed by atoms with van der Waals surface area (Å²) in [6.07, 6.45) is -1.56. The predicted molar refractivity (Wildman–Crippen MR) is 447 cm³/mol. The summed E-state index contributed by atoms with van der Waals surface area (Å²) in [4.78, 5) is 175. The van der Waals surface area contributed by atoms with Crippen LogP contribution in [-0.4, -0.2) is 257 Å². The fraction of sp³-hybridized carbons (Fsp3) is 0.544. The minimum absolute atomic E-state index is 0.00306. The van der Waals surface area contributed by atoms with Crippen molar-refractivity contribution in [1.82, 2.24) is 110 Å². The maximum atomic E-state index is 15.0. The molecule has 0 unspecified atom stereocenters. The molecule has 47 N–H and O–H groups in total. The quantitative estimate of drug-likeness (QED) is 0.0142. The van der Waals surface area contributed by atoms with Crippen LogP contribution in [0.1, 0.15) is 132 Å². The lowest BCUT2D eigenvalue weighted by molar-refractivity contribution is -0.142. The monoisotopic (exact) mass is 1700 g/mol. The number of rotatable bonds is 57. The minimum atomic E-state index is -1.65. The van der Waals surface area contributed by atoms with Gasteiger partial charge in [0.1, 0.15) is 54.4 Å². The highest BCUT2D eigenvalue weighted by molar-refractivity contribution is 6.01. The summed E-state index contributed by atoms with van der Waals surface area (Å²) < 4.78 is 0. The van der Waals surface area contributed by atoms with Crippen LogP contribution >= 0.6 is 0 Å². The Bertz CT molecular complexity index is 4080. The Hall–Kier alpha value is -14.6. The summed E-state index contributed by atoms with van der Waals surface area (Å²) in [5.74, 6) is -15.5. The van der Waals surface area contributed by atoms with Crippen molar-refractivity contribution in [3.63, 3.8) is 0 Å². The standard InChI is InChI=1S/C68H118N40O13/c1-108(33-35-32-95-49-47(96-35)48(69)106-68(86)107-49)36-20-18-34(19-21-36)50(111)97-44(22-23-46(109)110)58(119)104-42(15-7-29-92-65(80)81)56(117)102-40(13-5-27-90-63(76)77)54(115)100-38(11-3-25-88-61(72)73)52(113)98-37(10-2-24-87-60(70)71)51(112)99-39(12-4-26-89-62(74)75)53(114)101-41(14-6-28-91-64(78)79)55(116)103-43(16-8-30-93-66(82)83)57(118)105-45(59(120)121)17-9-31-94-67(84)85/h18-21,32,37-45H,2-17,22-31,33H2,1H3,(H,97,111)(H,98,113)(H,99,112)(H,100,115)(H,101,114)(H,102,117)(H,103,116)(H,104,119)(H,105,118)(H,109,110)(H,120,121)(H4,70,71,87)(H4,72,73,88)(H4,74,75,89)(H4,76,77,90)(H4,78,79,91)(H4,80,81,92)(H4,82,83,93)(H4,84,85,94)(H4,69,86,95,106,107)/t37-,38-,39-,40-,41-,42-,43-,44-,45-/m0/s1. The first-order chi connectivity index (χ1) is 57.2. The molecule has 0 aliphatic rings. The third-order valence-corrected chi connectivity index (χ3v) is 17.7. The topological polar surface area (TPSA) is 939 Å². The zero-order chi connectivity index (χ0) is 90.3. The van der Waals surface area contributed by atoms with E-state index in [-0.39, 0.29) is 196 Å². The van der Waals surface area contributed by atoms with E-state index in [0.29, 0.717) is 11.4 Å². The summed E-state index contributed by atoms with van der Waals surface area (Å²) in [6.45, 7) is -0.0426. The zero-order valence-corrected chi connectivity index (χ0v) is 67.1. The van der Waals surface area contributed by atoms with E-state index >= 15 is 4.79 Å². The molecule has 2 heterocycles. The Morgan fingerprint density at radius 1 is 0.364 bits per heavy atom. The molecular formula is C68H118N40O13. The van der Waals surface area contributed by atoms with E-state index < -0.39 is 174 Å². The largest absolute Gasteiger partial charge is 0.481 e. The molecule has 3 rings (SSSR count). The van der Waals surface area contributed by atoms with E-state index in [2.05, 4.69) is 110 Å². The first-order valence-electron chi connectivity index (χ1n) is 38.4. The summed E-state index contributed by atoms with van der Waals surface area (Å²) in [5.41, 5.74) is 57.4. The first-order valence-corrected chi connectivity index (χ1v) is 38.4. The van der Waals surface area contributed by atoms with Crippen LogP contribution in [0.5, 0.6) is 0 Å².